The molecule has 3 aromatic carbocycles. The topological polar surface area (TPSA) is 17.8 Å². The van der Waals surface area contributed by atoms with Gasteiger partial charge in [-0.2, -0.15) is 5.10 Å². The summed E-state index contributed by atoms with van der Waals surface area (Å²) in [6.45, 7) is 0. The lowest BCUT2D eigenvalue weighted by Crippen LogP contribution is -1.99. The van der Waals surface area contributed by atoms with Gasteiger partial charge in [0.05, 0.1) is 16.9 Å². The van der Waals surface area contributed by atoms with E-state index in [0.29, 0.717) is 0 Å². The molecule has 0 aliphatic rings. The van der Waals surface area contributed by atoms with Gasteiger partial charge in [-0.25, -0.2) is 4.68 Å². The van der Waals surface area contributed by atoms with Gasteiger partial charge in [-0.1, -0.05) is 78.6 Å². The number of hydrogen-bond acceptors (Lipinski definition) is 2. The first-order valence-electron chi connectivity index (χ1n) is 8.72. The van der Waals surface area contributed by atoms with E-state index < -0.39 is 0 Å². The molecule has 0 atom stereocenters. The smallest absolute Gasteiger partial charge is 0.135 e. The lowest BCUT2D eigenvalue weighted by Gasteiger charge is -2.08. The first-order chi connectivity index (χ1) is 13.4. The largest absolute Gasteiger partial charge is 0.231 e. The van der Waals surface area contributed by atoms with Crippen LogP contribution in [0.25, 0.3) is 16.9 Å². The molecule has 4 aromatic rings. The number of para-hydroxylation sites is 1. The van der Waals surface area contributed by atoms with Gasteiger partial charge in [0, 0.05) is 11.1 Å². The normalized spacial score (nSPS) is 10.3. The second kappa shape index (κ2) is 7.99. The quantitative estimate of drug-likeness (QED) is 0.344. The van der Waals surface area contributed by atoms with E-state index in [1.807, 2.05) is 77.7 Å². The van der Waals surface area contributed by atoms with E-state index in [-0.39, 0.29) is 0 Å². The minimum Gasteiger partial charge on any atom is -0.231 e. The highest BCUT2D eigenvalue weighted by atomic mass is 32.2. The number of benzene rings is 3. The van der Waals surface area contributed by atoms with Crippen molar-refractivity contribution in [1.82, 2.24) is 9.78 Å². The van der Waals surface area contributed by atoms with Crippen LogP contribution in [-0.4, -0.2) is 16.0 Å². The van der Waals surface area contributed by atoms with Crippen molar-refractivity contribution in [3.8, 4) is 28.8 Å². The molecule has 4 rings (SSSR count). The van der Waals surface area contributed by atoms with Gasteiger partial charge in [0.2, 0.25) is 0 Å². The summed E-state index contributed by atoms with van der Waals surface area (Å²) in [5.41, 5.74) is 5.11. The Bertz CT molecular complexity index is 1090. The molecule has 0 saturated carbocycles. The van der Waals surface area contributed by atoms with Crippen molar-refractivity contribution in [3.05, 3.63) is 102 Å². The monoisotopic (exact) mass is 366 g/mol. The van der Waals surface area contributed by atoms with Gasteiger partial charge >= 0.3 is 0 Å². The third-order valence-electron chi connectivity index (χ3n) is 4.20. The van der Waals surface area contributed by atoms with Gasteiger partial charge in [-0.05, 0) is 30.5 Å². The summed E-state index contributed by atoms with van der Waals surface area (Å²) in [7, 11) is 0. The summed E-state index contributed by atoms with van der Waals surface area (Å²) in [6, 6.07) is 30.6. The molecule has 0 radical (unpaired) electrons. The van der Waals surface area contributed by atoms with E-state index in [1.54, 1.807) is 11.8 Å². The lowest BCUT2D eigenvalue weighted by atomic mass is 10.1. The maximum absolute atomic E-state index is 4.86. The number of hydrogen-bond donors (Lipinski definition) is 0. The third kappa shape index (κ3) is 3.67. The fraction of sp³-hybridized carbons (Fsp3) is 0.0417. The third-order valence-corrected chi connectivity index (χ3v) is 4.87. The second-order valence-electron chi connectivity index (χ2n) is 5.96. The predicted octanol–water partition coefficient (Wildman–Crippen LogP) is 5.66. The molecule has 0 fully saturated rings. The summed E-state index contributed by atoms with van der Waals surface area (Å²) in [5.74, 6) is 6.68. The van der Waals surface area contributed by atoms with Crippen molar-refractivity contribution >= 4 is 11.8 Å². The molecule has 1 aromatic heterocycles. The maximum atomic E-state index is 4.86. The van der Waals surface area contributed by atoms with Gasteiger partial charge < -0.3 is 0 Å². The molecule has 0 spiro atoms. The number of rotatable bonds is 3. The van der Waals surface area contributed by atoms with Crippen molar-refractivity contribution < 1.29 is 0 Å². The van der Waals surface area contributed by atoms with Crippen molar-refractivity contribution in [1.29, 1.82) is 0 Å². The number of aromatic nitrogens is 2. The summed E-state index contributed by atoms with van der Waals surface area (Å²) in [5, 5.41) is 5.80. The maximum Gasteiger partial charge on any atom is 0.135 e. The zero-order valence-electron chi connectivity index (χ0n) is 15.0. The SMILES string of the molecule is CSc1nn(-c2ccccc2)c(-c2ccccc2)c1C#Cc1ccccc1. The average Bonchev–Trinajstić information content (AvgIpc) is 3.13. The fourth-order valence-electron chi connectivity index (χ4n) is 2.93. The van der Waals surface area contributed by atoms with E-state index in [2.05, 4.69) is 36.1 Å². The van der Waals surface area contributed by atoms with Crippen molar-refractivity contribution in [2.24, 2.45) is 0 Å². The van der Waals surface area contributed by atoms with E-state index in [9.17, 15) is 0 Å². The average molecular weight is 366 g/mol. The molecule has 1 heterocycles. The molecule has 0 N–H and O–H groups in total. The van der Waals surface area contributed by atoms with Crippen LogP contribution in [0.4, 0.5) is 0 Å². The highest BCUT2D eigenvalue weighted by Crippen LogP contribution is 2.32. The lowest BCUT2D eigenvalue weighted by molar-refractivity contribution is 0.843. The minimum atomic E-state index is 0.932. The molecule has 3 heteroatoms. The van der Waals surface area contributed by atoms with Gasteiger partial charge in [0.25, 0.3) is 0 Å². The van der Waals surface area contributed by atoms with Gasteiger partial charge in [0.1, 0.15) is 5.03 Å². The summed E-state index contributed by atoms with van der Waals surface area (Å²) < 4.78 is 2.00. The highest BCUT2D eigenvalue weighted by Gasteiger charge is 2.18. The molecule has 0 saturated heterocycles. The van der Waals surface area contributed by atoms with Crippen LogP contribution >= 0.6 is 11.8 Å². The minimum absolute atomic E-state index is 0.932. The Labute approximate surface area is 163 Å². The number of thioether (sulfide) groups is 1. The Kier molecular flexibility index (Phi) is 5.09. The first kappa shape index (κ1) is 17.2. The molecular weight excluding hydrogens is 348 g/mol. The predicted molar refractivity (Wildman–Crippen MR) is 113 cm³/mol. The van der Waals surface area contributed by atoms with E-state index >= 15 is 0 Å². The summed E-state index contributed by atoms with van der Waals surface area (Å²) >= 11 is 1.62. The van der Waals surface area contributed by atoms with Crippen LogP contribution in [0.5, 0.6) is 0 Å². The Morgan fingerprint density at radius 2 is 1.33 bits per heavy atom. The Hall–Kier alpha value is -3.22. The van der Waals surface area contributed by atoms with Gasteiger partial charge in [-0.3, -0.25) is 0 Å². The Morgan fingerprint density at radius 1 is 0.741 bits per heavy atom. The molecule has 0 aliphatic carbocycles. The fourth-order valence-corrected chi connectivity index (χ4v) is 3.44. The first-order valence-corrected chi connectivity index (χ1v) is 9.94. The van der Waals surface area contributed by atoms with Gasteiger partial charge in [0.15, 0.2) is 0 Å². The highest BCUT2D eigenvalue weighted by molar-refractivity contribution is 7.98. The van der Waals surface area contributed by atoms with Crippen LogP contribution in [0.1, 0.15) is 11.1 Å². The molecule has 2 nitrogen and oxygen atoms in total. The zero-order valence-corrected chi connectivity index (χ0v) is 15.8. The van der Waals surface area contributed by atoms with E-state index in [1.165, 1.54) is 0 Å². The standard InChI is InChI=1S/C24H18N2S/c1-27-24-22(18-17-19-11-5-2-6-12-19)23(20-13-7-3-8-14-20)26(25-24)21-15-9-4-10-16-21/h2-16H,1H3. The molecule has 27 heavy (non-hydrogen) atoms. The molecule has 0 unspecified atom stereocenters. The zero-order chi connectivity index (χ0) is 18.5. The number of nitrogens with zero attached hydrogens (tertiary/aromatic N) is 2. The van der Waals surface area contributed by atoms with E-state index in [4.69, 9.17) is 5.10 Å². The van der Waals surface area contributed by atoms with Crippen LogP contribution in [0.2, 0.25) is 0 Å². The van der Waals surface area contributed by atoms with Crippen LogP contribution in [-0.2, 0) is 0 Å². The van der Waals surface area contributed by atoms with Crippen LogP contribution in [0.15, 0.2) is 96.0 Å². The van der Waals surface area contributed by atoms with Crippen LogP contribution in [0, 0.1) is 11.8 Å². The van der Waals surface area contributed by atoms with E-state index in [0.717, 1.165) is 33.1 Å². The molecule has 130 valence electrons. The van der Waals surface area contributed by atoms with Crippen LogP contribution < -0.4 is 0 Å². The molecule has 0 amide bonds. The van der Waals surface area contributed by atoms with Crippen molar-refractivity contribution in [3.63, 3.8) is 0 Å². The van der Waals surface area contributed by atoms with Crippen molar-refractivity contribution in [2.75, 3.05) is 6.26 Å². The summed E-state index contributed by atoms with van der Waals surface area (Å²) in [4.78, 5) is 0. The Morgan fingerprint density at radius 3 is 1.96 bits per heavy atom. The molecular formula is C24H18N2S. The molecule has 0 bridgehead atoms. The second-order valence-corrected chi connectivity index (χ2v) is 6.76. The summed E-state index contributed by atoms with van der Waals surface area (Å²) in [6.07, 6.45) is 2.04. The Balaban J connectivity index is 1.95. The van der Waals surface area contributed by atoms with Crippen LogP contribution in [0.3, 0.4) is 0 Å². The van der Waals surface area contributed by atoms with Crippen molar-refractivity contribution in [2.45, 2.75) is 5.03 Å². The molecule has 0 aliphatic heterocycles. The van der Waals surface area contributed by atoms with Gasteiger partial charge in [-0.15, -0.1) is 11.8 Å².